The van der Waals surface area contributed by atoms with E-state index in [1.165, 1.54) is 0 Å². The van der Waals surface area contributed by atoms with Crippen LogP contribution >= 0.6 is 0 Å². The van der Waals surface area contributed by atoms with Gasteiger partial charge in [-0.25, -0.2) is 4.98 Å². The number of hydrogen-bond donors (Lipinski definition) is 2. The number of nitrogens with zero attached hydrogens (tertiary/aromatic N) is 2. The number of fused-ring (bicyclic) bond motifs is 1. The molecule has 0 radical (unpaired) electrons. The van der Waals surface area contributed by atoms with E-state index in [1.54, 1.807) is 6.92 Å². The summed E-state index contributed by atoms with van der Waals surface area (Å²) in [5, 5.41) is 9.88. The van der Waals surface area contributed by atoms with Gasteiger partial charge in [0, 0.05) is 13.1 Å². The third kappa shape index (κ3) is 2.71. The third-order valence-electron chi connectivity index (χ3n) is 3.38. The molecule has 3 N–H and O–H groups in total. The molecule has 0 saturated carbocycles. The molecule has 4 nitrogen and oxygen atoms in total. The molecule has 0 saturated heterocycles. The molecule has 0 aliphatic rings. The SMILES string of the molecule is Cc1nc2ccccc2n1CCCC(C)(O)CN. The van der Waals surface area contributed by atoms with Crippen molar-refractivity contribution in [3.63, 3.8) is 0 Å². The van der Waals surface area contributed by atoms with Crippen LogP contribution in [0.4, 0.5) is 0 Å². The zero-order valence-electron chi connectivity index (χ0n) is 11.1. The van der Waals surface area contributed by atoms with Crippen molar-refractivity contribution in [3.05, 3.63) is 30.1 Å². The fourth-order valence-corrected chi connectivity index (χ4v) is 2.20. The molecule has 0 aliphatic heterocycles. The molecule has 1 unspecified atom stereocenters. The van der Waals surface area contributed by atoms with Crippen LogP contribution in [-0.4, -0.2) is 26.8 Å². The van der Waals surface area contributed by atoms with Crippen LogP contribution in [0.5, 0.6) is 0 Å². The van der Waals surface area contributed by atoms with E-state index in [9.17, 15) is 5.11 Å². The predicted molar refractivity (Wildman–Crippen MR) is 73.4 cm³/mol. The van der Waals surface area contributed by atoms with Crippen molar-refractivity contribution in [2.45, 2.75) is 38.8 Å². The van der Waals surface area contributed by atoms with Crippen LogP contribution in [0.3, 0.4) is 0 Å². The highest BCUT2D eigenvalue weighted by Crippen LogP contribution is 2.18. The molecule has 0 spiro atoms. The predicted octanol–water partition coefficient (Wildman–Crippen LogP) is 1.83. The molecule has 2 aromatic rings. The molecule has 4 heteroatoms. The number of para-hydroxylation sites is 2. The second-order valence-corrected chi connectivity index (χ2v) is 5.10. The average molecular weight is 247 g/mol. The van der Waals surface area contributed by atoms with Gasteiger partial charge in [0.2, 0.25) is 0 Å². The summed E-state index contributed by atoms with van der Waals surface area (Å²) in [4.78, 5) is 4.52. The van der Waals surface area contributed by atoms with Gasteiger partial charge in [-0.3, -0.25) is 0 Å². The zero-order chi connectivity index (χ0) is 13.2. The van der Waals surface area contributed by atoms with E-state index in [1.807, 2.05) is 25.1 Å². The molecule has 0 amide bonds. The van der Waals surface area contributed by atoms with E-state index in [2.05, 4.69) is 15.6 Å². The summed E-state index contributed by atoms with van der Waals surface area (Å²) in [6.07, 6.45) is 1.60. The van der Waals surface area contributed by atoms with Gasteiger partial charge in [-0.05, 0) is 38.8 Å². The first kappa shape index (κ1) is 13.1. The Bertz CT molecular complexity index is 531. The maximum absolute atomic E-state index is 9.88. The Hall–Kier alpha value is -1.39. The van der Waals surface area contributed by atoms with Crippen LogP contribution in [0.15, 0.2) is 24.3 Å². The maximum atomic E-state index is 9.88. The molecule has 1 heterocycles. The largest absolute Gasteiger partial charge is 0.389 e. The van der Waals surface area contributed by atoms with Gasteiger partial charge in [0.15, 0.2) is 0 Å². The van der Waals surface area contributed by atoms with Crippen molar-refractivity contribution in [1.82, 2.24) is 9.55 Å². The minimum atomic E-state index is -0.760. The van der Waals surface area contributed by atoms with Crippen molar-refractivity contribution in [3.8, 4) is 0 Å². The number of aliphatic hydroxyl groups is 1. The van der Waals surface area contributed by atoms with Crippen LogP contribution in [0.25, 0.3) is 11.0 Å². The summed E-state index contributed by atoms with van der Waals surface area (Å²) in [6, 6.07) is 8.12. The first-order chi connectivity index (χ1) is 8.53. The molecule has 0 fully saturated rings. The van der Waals surface area contributed by atoms with Crippen molar-refractivity contribution in [2.24, 2.45) is 5.73 Å². The number of aromatic nitrogens is 2. The highest BCUT2D eigenvalue weighted by atomic mass is 16.3. The topological polar surface area (TPSA) is 64.1 Å². The Morgan fingerprint density at radius 1 is 1.39 bits per heavy atom. The smallest absolute Gasteiger partial charge is 0.106 e. The van der Waals surface area contributed by atoms with Crippen LogP contribution in [-0.2, 0) is 6.54 Å². The Balaban J connectivity index is 2.10. The molecule has 0 aliphatic carbocycles. The molecule has 1 atom stereocenters. The zero-order valence-corrected chi connectivity index (χ0v) is 11.1. The Morgan fingerprint density at radius 3 is 2.83 bits per heavy atom. The van der Waals surface area contributed by atoms with Crippen LogP contribution in [0.1, 0.15) is 25.6 Å². The minimum absolute atomic E-state index is 0.302. The van der Waals surface area contributed by atoms with Gasteiger partial charge in [-0.15, -0.1) is 0 Å². The lowest BCUT2D eigenvalue weighted by molar-refractivity contribution is 0.0567. The van der Waals surface area contributed by atoms with Crippen molar-refractivity contribution in [2.75, 3.05) is 6.54 Å². The van der Waals surface area contributed by atoms with E-state index in [4.69, 9.17) is 5.73 Å². The molecule has 0 bridgehead atoms. The van der Waals surface area contributed by atoms with Crippen LogP contribution in [0, 0.1) is 6.92 Å². The van der Waals surface area contributed by atoms with Gasteiger partial charge in [0.05, 0.1) is 16.6 Å². The lowest BCUT2D eigenvalue weighted by Crippen LogP contribution is -2.34. The fraction of sp³-hybridized carbons (Fsp3) is 0.500. The molecule has 1 aromatic carbocycles. The quantitative estimate of drug-likeness (QED) is 0.847. The molecular weight excluding hydrogens is 226 g/mol. The summed E-state index contributed by atoms with van der Waals surface area (Å²) in [5.74, 6) is 1.02. The summed E-state index contributed by atoms with van der Waals surface area (Å²) < 4.78 is 2.20. The number of imidazole rings is 1. The monoisotopic (exact) mass is 247 g/mol. The number of nitrogens with two attached hydrogens (primary N) is 1. The second-order valence-electron chi connectivity index (χ2n) is 5.10. The van der Waals surface area contributed by atoms with Gasteiger partial charge in [0.1, 0.15) is 5.82 Å². The van der Waals surface area contributed by atoms with Crippen LogP contribution in [0.2, 0.25) is 0 Å². The van der Waals surface area contributed by atoms with Gasteiger partial charge in [0.25, 0.3) is 0 Å². The van der Waals surface area contributed by atoms with Crippen molar-refractivity contribution in [1.29, 1.82) is 0 Å². The first-order valence-electron chi connectivity index (χ1n) is 6.38. The van der Waals surface area contributed by atoms with E-state index >= 15 is 0 Å². The maximum Gasteiger partial charge on any atom is 0.106 e. The summed E-state index contributed by atoms with van der Waals surface area (Å²) in [6.45, 7) is 4.96. The number of benzene rings is 1. The second kappa shape index (κ2) is 5.08. The minimum Gasteiger partial charge on any atom is -0.389 e. The molecule has 18 heavy (non-hydrogen) atoms. The number of rotatable bonds is 5. The van der Waals surface area contributed by atoms with E-state index < -0.39 is 5.60 Å². The normalized spacial score (nSPS) is 14.9. The lowest BCUT2D eigenvalue weighted by atomic mass is 10.0. The molecule has 2 rings (SSSR count). The molecular formula is C14H21N3O. The van der Waals surface area contributed by atoms with Gasteiger partial charge in [-0.1, -0.05) is 12.1 Å². The van der Waals surface area contributed by atoms with Gasteiger partial charge >= 0.3 is 0 Å². The van der Waals surface area contributed by atoms with Crippen LogP contribution < -0.4 is 5.73 Å². The van der Waals surface area contributed by atoms with Crippen molar-refractivity contribution >= 4 is 11.0 Å². The van der Waals surface area contributed by atoms with E-state index in [0.717, 1.165) is 29.8 Å². The van der Waals surface area contributed by atoms with E-state index in [0.29, 0.717) is 13.0 Å². The first-order valence-corrected chi connectivity index (χ1v) is 6.38. The summed E-state index contributed by atoms with van der Waals surface area (Å²) in [7, 11) is 0. The standard InChI is InChI=1S/C14H21N3O/c1-11-16-12-6-3-4-7-13(12)17(11)9-5-8-14(2,18)10-15/h3-4,6-7,18H,5,8-10,15H2,1-2H3. The Morgan fingerprint density at radius 2 is 2.11 bits per heavy atom. The molecule has 98 valence electrons. The lowest BCUT2D eigenvalue weighted by Gasteiger charge is -2.21. The number of hydrogen-bond acceptors (Lipinski definition) is 3. The Labute approximate surface area is 107 Å². The van der Waals surface area contributed by atoms with Gasteiger partial charge < -0.3 is 15.4 Å². The Kier molecular flexibility index (Phi) is 3.68. The molecule has 1 aromatic heterocycles. The fourth-order valence-electron chi connectivity index (χ4n) is 2.20. The highest BCUT2D eigenvalue weighted by molar-refractivity contribution is 5.75. The summed E-state index contributed by atoms with van der Waals surface area (Å²) in [5.41, 5.74) is 6.94. The van der Waals surface area contributed by atoms with Crippen molar-refractivity contribution < 1.29 is 5.11 Å². The van der Waals surface area contributed by atoms with Gasteiger partial charge in [-0.2, -0.15) is 0 Å². The third-order valence-corrected chi connectivity index (χ3v) is 3.38. The summed E-state index contributed by atoms with van der Waals surface area (Å²) >= 11 is 0. The van der Waals surface area contributed by atoms with E-state index in [-0.39, 0.29) is 0 Å². The average Bonchev–Trinajstić information content (AvgIpc) is 2.66. The highest BCUT2D eigenvalue weighted by Gasteiger charge is 2.17. The number of aryl methyl sites for hydroxylation is 2.